The Kier molecular flexibility index (Phi) is 4.58. The lowest BCUT2D eigenvalue weighted by molar-refractivity contribution is -0.139. The molecule has 0 spiro atoms. The number of carbonyl (C=O) groups is 2. The fraction of sp³-hybridized carbons (Fsp3) is 0.800. The fourth-order valence-corrected chi connectivity index (χ4v) is 1.47. The second kappa shape index (κ2) is 5.00. The molecular formula is C10H20N2O3. The van der Waals surface area contributed by atoms with Crippen molar-refractivity contribution in [2.75, 3.05) is 6.54 Å². The molecule has 0 unspecified atom stereocenters. The maximum atomic E-state index is 11.2. The minimum atomic E-state index is -0.935. The number of primary amides is 1. The summed E-state index contributed by atoms with van der Waals surface area (Å²) >= 11 is 0. The monoisotopic (exact) mass is 216 g/mol. The van der Waals surface area contributed by atoms with E-state index in [4.69, 9.17) is 10.8 Å². The standard InChI is InChI=1S/C10H20N2O3/c1-7(2)6-12(9(11)15)10(3,4)5-8(13)14/h7H,5-6H2,1-4H3,(H2,11,15)(H,13,14). The number of nitrogens with two attached hydrogens (primary N) is 1. The van der Waals surface area contributed by atoms with Gasteiger partial charge < -0.3 is 15.7 Å². The molecule has 0 aliphatic carbocycles. The first-order valence-corrected chi connectivity index (χ1v) is 4.95. The SMILES string of the molecule is CC(C)CN(C(N)=O)C(C)(C)CC(=O)O. The molecule has 5 nitrogen and oxygen atoms in total. The number of rotatable bonds is 5. The average molecular weight is 216 g/mol. The lowest BCUT2D eigenvalue weighted by atomic mass is 9.97. The van der Waals surface area contributed by atoms with Gasteiger partial charge in [0.1, 0.15) is 0 Å². The molecule has 3 N–H and O–H groups in total. The summed E-state index contributed by atoms with van der Waals surface area (Å²) in [6.07, 6.45) is -0.108. The van der Waals surface area contributed by atoms with E-state index in [1.807, 2.05) is 13.8 Å². The molecule has 2 amide bonds. The highest BCUT2D eigenvalue weighted by Crippen LogP contribution is 2.20. The molecule has 0 aromatic heterocycles. The number of aliphatic carboxylic acids is 1. The first-order valence-electron chi connectivity index (χ1n) is 4.95. The summed E-state index contributed by atoms with van der Waals surface area (Å²) in [5, 5.41) is 8.74. The van der Waals surface area contributed by atoms with Gasteiger partial charge in [-0.1, -0.05) is 13.8 Å². The maximum Gasteiger partial charge on any atom is 0.315 e. The Balaban J connectivity index is 4.73. The molecule has 0 aliphatic rings. The Bertz CT molecular complexity index is 249. The third-order valence-electron chi connectivity index (χ3n) is 2.13. The molecule has 0 aliphatic heterocycles. The number of carboxylic acids is 1. The molecule has 0 atom stereocenters. The maximum absolute atomic E-state index is 11.2. The molecule has 5 heteroatoms. The van der Waals surface area contributed by atoms with Crippen LogP contribution in [0.2, 0.25) is 0 Å². The van der Waals surface area contributed by atoms with E-state index < -0.39 is 17.5 Å². The van der Waals surface area contributed by atoms with Crippen molar-refractivity contribution in [2.45, 2.75) is 39.7 Å². The predicted octanol–water partition coefficient (Wildman–Crippen LogP) is 1.28. The normalized spacial score (nSPS) is 11.5. The number of amides is 2. The van der Waals surface area contributed by atoms with Crippen LogP contribution in [0.5, 0.6) is 0 Å². The molecule has 0 aromatic rings. The van der Waals surface area contributed by atoms with Crippen LogP contribution < -0.4 is 5.73 Å². The molecule has 0 saturated heterocycles. The molecule has 15 heavy (non-hydrogen) atoms. The fourth-order valence-electron chi connectivity index (χ4n) is 1.47. The number of nitrogens with zero attached hydrogens (tertiary/aromatic N) is 1. The summed E-state index contributed by atoms with van der Waals surface area (Å²) < 4.78 is 0. The van der Waals surface area contributed by atoms with Crippen molar-refractivity contribution in [3.63, 3.8) is 0 Å². The molecule has 0 rings (SSSR count). The summed E-state index contributed by atoms with van der Waals surface area (Å²) in [5.74, 6) is -0.680. The van der Waals surface area contributed by atoms with E-state index in [9.17, 15) is 9.59 Å². The molecular weight excluding hydrogens is 196 g/mol. The van der Waals surface area contributed by atoms with Crippen molar-refractivity contribution < 1.29 is 14.7 Å². The van der Waals surface area contributed by atoms with Crippen LogP contribution in [0, 0.1) is 5.92 Å². The largest absolute Gasteiger partial charge is 0.481 e. The second-order valence-corrected chi connectivity index (χ2v) is 4.73. The van der Waals surface area contributed by atoms with E-state index in [2.05, 4.69) is 0 Å². The van der Waals surface area contributed by atoms with Crippen LogP contribution in [0.3, 0.4) is 0 Å². The van der Waals surface area contributed by atoms with E-state index in [0.717, 1.165) is 0 Å². The predicted molar refractivity (Wildman–Crippen MR) is 57.5 cm³/mol. The smallest absolute Gasteiger partial charge is 0.315 e. The van der Waals surface area contributed by atoms with Crippen LogP contribution in [-0.4, -0.2) is 34.1 Å². The van der Waals surface area contributed by atoms with Gasteiger partial charge in [0.2, 0.25) is 0 Å². The quantitative estimate of drug-likeness (QED) is 0.726. The highest BCUT2D eigenvalue weighted by atomic mass is 16.4. The first kappa shape index (κ1) is 13.7. The van der Waals surface area contributed by atoms with Crippen molar-refractivity contribution in [3.8, 4) is 0 Å². The molecule has 0 saturated carbocycles. The van der Waals surface area contributed by atoms with Crippen molar-refractivity contribution in [2.24, 2.45) is 11.7 Å². The minimum Gasteiger partial charge on any atom is -0.481 e. The second-order valence-electron chi connectivity index (χ2n) is 4.73. The van der Waals surface area contributed by atoms with Gasteiger partial charge in [-0.15, -0.1) is 0 Å². The zero-order chi connectivity index (χ0) is 12.2. The summed E-state index contributed by atoms with van der Waals surface area (Å²) in [6.45, 7) is 7.78. The molecule has 0 radical (unpaired) electrons. The van der Waals surface area contributed by atoms with Gasteiger partial charge >= 0.3 is 12.0 Å². The van der Waals surface area contributed by atoms with Crippen LogP contribution in [0.25, 0.3) is 0 Å². The van der Waals surface area contributed by atoms with Crippen molar-refractivity contribution in [3.05, 3.63) is 0 Å². The minimum absolute atomic E-state index is 0.108. The third kappa shape index (κ3) is 4.67. The van der Waals surface area contributed by atoms with E-state index in [1.165, 1.54) is 4.90 Å². The van der Waals surface area contributed by atoms with Crippen LogP contribution >= 0.6 is 0 Å². The van der Waals surface area contributed by atoms with E-state index in [-0.39, 0.29) is 12.3 Å². The molecule has 0 bridgehead atoms. The lowest BCUT2D eigenvalue weighted by Crippen LogP contribution is -2.52. The van der Waals surface area contributed by atoms with Gasteiger partial charge in [-0.2, -0.15) is 0 Å². The summed E-state index contributed by atoms with van der Waals surface area (Å²) in [4.78, 5) is 23.3. The number of hydrogen-bond donors (Lipinski definition) is 2. The number of hydrogen-bond acceptors (Lipinski definition) is 2. The summed E-state index contributed by atoms with van der Waals surface area (Å²) in [5.41, 5.74) is 4.49. The van der Waals surface area contributed by atoms with Gasteiger partial charge in [-0.3, -0.25) is 4.79 Å². The van der Waals surface area contributed by atoms with Gasteiger partial charge in [0.15, 0.2) is 0 Å². The number of urea groups is 1. The van der Waals surface area contributed by atoms with Crippen LogP contribution in [-0.2, 0) is 4.79 Å². The molecule has 0 fully saturated rings. The average Bonchev–Trinajstić information content (AvgIpc) is 1.96. The molecule has 0 heterocycles. The molecule has 0 aromatic carbocycles. The first-order chi connectivity index (χ1) is 6.66. The third-order valence-corrected chi connectivity index (χ3v) is 2.13. The van der Waals surface area contributed by atoms with Crippen molar-refractivity contribution >= 4 is 12.0 Å². The van der Waals surface area contributed by atoms with Gasteiger partial charge in [0.25, 0.3) is 0 Å². The van der Waals surface area contributed by atoms with E-state index >= 15 is 0 Å². The zero-order valence-corrected chi connectivity index (χ0v) is 9.78. The van der Waals surface area contributed by atoms with Gasteiger partial charge in [-0.05, 0) is 19.8 Å². The van der Waals surface area contributed by atoms with Gasteiger partial charge in [0, 0.05) is 12.1 Å². The summed E-state index contributed by atoms with van der Waals surface area (Å²) in [7, 11) is 0. The van der Waals surface area contributed by atoms with E-state index in [0.29, 0.717) is 6.54 Å². The highest BCUT2D eigenvalue weighted by Gasteiger charge is 2.32. The Morgan fingerprint density at radius 1 is 1.40 bits per heavy atom. The molecule has 88 valence electrons. The lowest BCUT2D eigenvalue weighted by Gasteiger charge is -2.37. The van der Waals surface area contributed by atoms with Crippen molar-refractivity contribution in [1.29, 1.82) is 0 Å². The van der Waals surface area contributed by atoms with Crippen LogP contribution in [0.1, 0.15) is 34.1 Å². The van der Waals surface area contributed by atoms with Gasteiger partial charge in [0.05, 0.1) is 6.42 Å². The number of carboxylic acid groups (broad SMARTS) is 1. The Morgan fingerprint density at radius 3 is 2.13 bits per heavy atom. The number of carbonyl (C=O) groups excluding carboxylic acids is 1. The summed E-state index contributed by atoms with van der Waals surface area (Å²) in [6, 6.07) is -0.574. The van der Waals surface area contributed by atoms with E-state index in [1.54, 1.807) is 13.8 Å². The Hall–Kier alpha value is -1.26. The topological polar surface area (TPSA) is 83.6 Å². The van der Waals surface area contributed by atoms with Crippen LogP contribution in [0.15, 0.2) is 0 Å². The van der Waals surface area contributed by atoms with Gasteiger partial charge in [-0.25, -0.2) is 4.79 Å². The Morgan fingerprint density at radius 2 is 1.87 bits per heavy atom. The Labute approximate surface area is 90.2 Å². The zero-order valence-electron chi connectivity index (χ0n) is 9.78. The highest BCUT2D eigenvalue weighted by molar-refractivity contribution is 5.75. The van der Waals surface area contributed by atoms with Crippen molar-refractivity contribution in [1.82, 2.24) is 4.90 Å². The van der Waals surface area contributed by atoms with Crippen LogP contribution in [0.4, 0.5) is 4.79 Å².